The van der Waals surface area contributed by atoms with Gasteiger partial charge in [-0.3, -0.25) is 4.79 Å². The van der Waals surface area contributed by atoms with Gasteiger partial charge < -0.3 is 14.8 Å². The number of amides is 1. The number of thiophene rings is 1. The summed E-state index contributed by atoms with van der Waals surface area (Å²) in [7, 11) is -1.69. The lowest BCUT2D eigenvalue weighted by Crippen LogP contribution is -2.35. The topological polar surface area (TPSA) is 102 Å². The minimum Gasteiger partial charge on any atom is -0.492 e. The molecule has 0 saturated heterocycles. The number of methoxy groups -OCH3 is 1. The number of hydrogen-bond donors (Lipinski definition) is 1. The van der Waals surface area contributed by atoms with Gasteiger partial charge in [-0.1, -0.05) is 30.3 Å². The van der Waals surface area contributed by atoms with Gasteiger partial charge in [-0.25, -0.2) is 13.2 Å². The van der Waals surface area contributed by atoms with Crippen molar-refractivity contribution in [1.82, 2.24) is 4.31 Å². The van der Waals surface area contributed by atoms with Crippen molar-refractivity contribution in [2.24, 2.45) is 0 Å². The average Bonchev–Trinajstić information content (AvgIpc) is 3.15. The Morgan fingerprint density at radius 3 is 2.48 bits per heavy atom. The number of anilines is 1. The molecular weight excluding hydrogens is 440 g/mol. The average molecular weight is 463 g/mol. The molecular formula is C21H22N2O6S2. The molecule has 0 bridgehead atoms. The maximum atomic E-state index is 13.3. The Morgan fingerprint density at radius 2 is 1.77 bits per heavy atom. The Kier molecular flexibility index (Phi) is 6.94. The molecule has 0 saturated carbocycles. The molecule has 3 aromatic rings. The van der Waals surface area contributed by atoms with Crippen LogP contribution in [-0.4, -0.2) is 51.9 Å². The Bertz CT molecular complexity index is 1220. The third-order valence-electron chi connectivity index (χ3n) is 4.42. The summed E-state index contributed by atoms with van der Waals surface area (Å²) < 4.78 is 38.4. The van der Waals surface area contributed by atoms with Crippen molar-refractivity contribution in [3.63, 3.8) is 0 Å². The normalized spacial score (nSPS) is 11.5. The van der Waals surface area contributed by atoms with Gasteiger partial charge in [-0.2, -0.15) is 4.31 Å². The lowest BCUT2D eigenvalue weighted by molar-refractivity contribution is -0.116. The molecule has 1 N–H and O–H groups in total. The first-order valence-electron chi connectivity index (χ1n) is 9.37. The number of carbonyl (C=O) groups is 2. The van der Waals surface area contributed by atoms with Crippen LogP contribution in [0, 0.1) is 0 Å². The van der Waals surface area contributed by atoms with E-state index in [0.717, 1.165) is 15.6 Å². The van der Waals surface area contributed by atoms with Crippen LogP contribution in [0.15, 0.2) is 53.4 Å². The number of rotatable bonds is 8. The summed E-state index contributed by atoms with van der Waals surface area (Å²) >= 11 is 1.03. The van der Waals surface area contributed by atoms with Gasteiger partial charge in [0.05, 0.1) is 25.9 Å². The molecule has 3 rings (SSSR count). The van der Waals surface area contributed by atoms with Crippen LogP contribution >= 0.6 is 11.3 Å². The van der Waals surface area contributed by atoms with Crippen molar-refractivity contribution in [1.29, 1.82) is 0 Å². The number of nitrogens with zero attached hydrogens (tertiary/aromatic N) is 1. The summed E-state index contributed by atoms with van der Waals surface area (Å²) in [5.74, 6) is -0.804. The minimum absolute atomic E-state index is 0.0300. The summed E-state index contributed by atoms with van der Waals surface area (Å²) in [6, 6.07) is 13.7. The number of esters is 1. The van der Waals surface area contributed by atoms with Gasteiger partial charge in [0.2, 0.25) is 15.9 Å². The van der Waals surface area contributed by atoms with E-state index in [0.29, 0.717) is 28.1 Å². The van der Waals surface area contributed by atoms with Gasteiger partial charge in [-0.15, -0.1) is 11.3 Å². The molecule has 0 aliphatic carbocycles. The maximum absolute atomic E-state index is 13.3. The van der Waals surface area contributed by atoms with E-state index in [2.05, 4.69) is 5.32 Å². The first-order valence-corrected chi connectivity index (χ1v) is 11.6. The Morgan fingerprint density at radius 1 is 1.10 bits per heavy atom. The summed E-state index contributed by atoms with van der Waals surface area (Å²) in [5.41, 5.74) is 0.441. The lowest BCUT2D eigenvalue weighted by Gasteiger charge is -2.18. The molecule has 0 spiro atoms. The minimum atomic E-state index is -4.16. The van der Waals surface area contributed by atoms with Gasteiger partial charge in [0.15, 0.2) is 0 Å². The van der Waals surface area contributed by atoms with E-state index in [4.69, 9.17) is 9.47 Å². The highest BCUT2D eigenvalue weighted by Gasteiger charge is 2.32. The van der Waals surface area contributed by atoms with E-state index >= 15 is 0 Å². The highest BCUT2D eigenvalue weighted by atomic mass is 32.2. The molecule has 0 aliphatic rings. The Labute approximate surface area is 184 Å². The second-order valence-corrected chi connectivity index (χ2v) is 9.52. The number of benzene rings is 2. The van der Waals surface area contributed by atoms with Crippen LogP contribution in [0.5, 0.6) is 5.75 Å². The van der Waals surface area contributed by atoms with Crippen molar-refractivity contribution in [2.75, 3.05) is 32.6 Å². The molecule has 1 heterocycles. The van der Waals surface area contributed by atoms with Gasteiger partial charge in [0, 0.05) is 17.1 Å². The molecule has 31 heavy (non-hydrogen) atoms. The highest BCUT2D eigenvalue weighted by Crippen LogP contribution is 2.36. The SMILES string of the molecule is CCOc1ccccc1NC(=O)CN(C)S(=O)(=O)c1c(C(=O)OC)sc2ccccc12. The number of fused-ring (bicyclic) bond motifs is 1. The van der Waals surface area contributed by atoms with Gasteiger partial charge in [0.1, 0.15) is 15.5 Å². The van der Waals surface area contributed by atoms with Crippen molar-refractivity contribution in [3.05, 3.63) is 53.4 Å². The predicted octanol–water partition coefficient (Wildman–Crippen LogP) is 3.35. The van der Waals surface area contributed by atoms with Crippen LogP contribution < -0.4 is 10.1 Å². The van der Waals surface area contributed by atoms with Crippen LogP contribution in [0.3, 0.4) is 0 Å². The molecule has 0 aliphatic heterocycles. The fourth-order valence-corrected chi connectivity index (χ4v) is 5.88. The Balaban J connectivity index is 1.89. The maximum Gasteiger partial charge on any atom is 0.349 e. The highest BCUT2D eigenvalue weighted by molar-refractivity contribution is 7.89. The number of ether oxygens (including phenoxy) is 2. The number of para-hydroxylation sites is 2. The fraction of sp³-hybridized carbons (Fsp3) is 0.238. The largest absolute Gasteiger partial charge is 0.492 e. The molecule has 0 unspecified atom stereocenters. The third kappa shape index (κ3) is 4.71. The number of likely N-dealkylation sites (N-methyl/N-ethyl adjacent to an activating group) is 1. The molecule has 2 aromatic carbocycles. The van der Waals surface area contributed by atoms with E-state index in [9.17, 15) is 18.0 Å². The standard InChI is InChI=1S/C21H22N2O6S2/c1-4-29-16-11-7-6-10-15(16)22-18(24)13-23(2)31(26,27)20-14-9-5-8-12-17(14)30-19(20)21(25)28-3/h5-12H,4,13H2,1-3H3,(H,22,24). The van der Waals surface area contributed by atoms with E-state index in [1.165, 1.54) is 14.2 Å². The first kappa shape index (κ1) is 22.7. The predicted molar refractivity (Wildman–Crippen MR) is 119 cm³/mol. The van der Waals surface area contributed by atoms with Crippen LogP contribution in [0.4, 0.5) is 5.69 Å². The van der Waals surface area contributed by atoms with Gasteiger partial charge >= 0.3 is 5.97 Å². The zero-order valence-electron chi connectivity index (χ0n) is 17.2. The molecule has 1 aromatic heterocycles. The van der Waals surface area contributed by atoms with Gasteiger partial charge in [0.25, 0.3) is 0 Å². The van der Waals surface area contributed by atoms with Crippen LogP contribution in [0.2, 0.25) is 0 Å². The number of hydrogen-bond acceptors (Lipinski definition) is 7. The number of carbonyl (C=O) groups excluding carboxylic acids is 2. The van der Waals surface area contributed by atoms with E-state index in [1.54, 1.807) is 48.5 Å². The summed E-state index contributed by atoms with van der Waals surface area (Å²) in [4.78, 5) is 24.6. The van der Waals surface area contributed by atoms with E-state index in [1.807, 2.05) is 6.92 Å². The zero-order chi connectivity index (χ0) is 22.6. The number of sulfonamides is 1. The summed E-state index contributed by atoms with van der Waals surface area (Å²) in [5, 5.41) is 3.07. The van der Waals surface area contributed by atoms with Crippen molar-refractivity contribution in [2.45, 2.75) is 11.8 Å². The van der Waals surface area contributed by atoms with Crippen molar-refractivity contribution < 1.29 is 27.5 Å². The second kappa shape index (κ2) is 9.46. The third-order valence-corrected chi connectivity index (χ3v) is 7.59. The van der Waals surface area contributed by atoms with Crippen molar-refractivity contribution >= 4 is 49.0 Å². The first-order chi connectivity index (χ1) is 14.8. The second-order valence-electron chi connectivity index (χ2n) is 6.49. The monoisotopic (exact) mass is 462 g/mol. The van der Waals surface area contributed by atoms with E-state index < -0.39 is 28.4 Å². The number of nitrogens with one attached hydrogen (secondary N) is 1. The molecule has 164 valence electrons. The molecule has 8 nitrogen and oxygen atoms in total. The molecule has 0 atom stereocenters. The fourth-order valence-electron chi connectivity index (χ4n) is 2.99. The quantitative estimate of drug-likeness (QED) is 0.515. The van der Waals surface area contributed by atoms with Gasteiger partial charge in [-0.05, 0) is 25.1 Å². The summed E-state index contributed by atoms with van der Waals surface area (Å²) in [6.07, 6.45) is 0. The Hall–Kier alpha value is -2.95. The van der Waals surface area contributed by atoms with Crippen LogP contribution in [0.1, 0.15) is 16.6 Å². The van der Waals surface area contributed by atoms with E-state index in [-0.39, 0.29) is 9.77 Å². The smallest absolute Gasteiger partial charge is 0.349 e. The molecule has 0 fully saturated rings. The molecule has 10 heteroatoms. The summed E-state index contributed by atoms with van der Waals surface area (Å²) in [6.45, 7) is 1.79. The molecule has 1 amide bonds. The van der Waals surface area contributed by atoms with Crippen LogP contribution in [0.25, 0.3) is 10.1 Å². The molecule has 0 radical (unpaired) electrons. The van der Waals surface area contributed by atoms with Crippen LogP contribution in [-0.2, 0) is 19.6 Å². The van der Waals surface area contributed by atoms with Crippen molar-refractivity contribution in [3.8, 4) is 5.75 Å². The zero-order valence-corrected chi connectivity index (χ0v) is 18.9. The lowest BCUT2D eigenvalue weighted by atomic mass is 10.2.